The minimum Gasteiger partial charge on any atom is -0.396 e. The van der Waals surface area contributed by atoms with E-state index in [-0.39, 0.29) is 24.3 Å². The van der Waals surface area contributed by atoms with Gasteiger partial charge in [0.2, 0.25) is 11.8 Å². The van der Waals surface area contributed by atoms with Gasteiger partial charge < -0.3 is 15.3 Å². The first kappa shape index (κ1) is 17.5. The normalized spacial score (nSPS) is 17.5. The van der Waals surface area contributed by atoms with Crippen LogP contribution in [0.2, 0.25) is 0 Å². The Labute approximate surface area is 137 Å². The zero-order valence-corrected chi connectivity index (χ0v) is 13.5. The van der Waals surface area contributed by atoms with Crippen LogP contribution in [-0.2, 0) is 16.1 Å². The Morgan fingerprint density at radius 2 is 1.91 bits per heavy atom. The van der Waals surface area contributed by atoms with Crippen molar-refractivity contribution in [2.24, 2.45) is 5.92 Å². The van der Waals surface area contributed by atoms with E-state index >= 15 is 0 Å². The minimum absolute atomic E-state index is 0.0175. The molecule has 1 aliphatic rings. The third-order valence-electron chi connectivity index (χ3n) is 4.19. The lowest BCUT2D eigenvalue weighted by Crippen LogP contribution is -2.33. The van der Waals surface area contributed by atoms with Crippen LogP contribution in [0.3, 0.4) is 0 Å². The fourth-order valence-corrected chi connectivity index (χ4v) is 2.85. The SMILES string of the molecule is O=C(NCCCCCCO)C1CC(=O)N(Cc2ccccc2)C1. The highest BCUT2D eigenvalue weighted by Gasteiger charge is 2.33. The number of likely N-dealkylation sites (tertiary alicyclic amines) is 1. The Morgan fingerprint density at radius 1 is 1.17 bits per heavy atom. The van der Waals surface area contributed by atoms with Gasteiger partial charge in [-0.15, -0.1) is 0 Å². The van der Waals surface area contributed by atoms with Crippen molar-refractivity contribution in [1.82, 2.24) is 10.2 Å². The predicted molar refractivity (Wildman–Crippen MR) is 88.5 cm³/mol. The highest BCUT2D eigenvalue weighted by Crippen LogP contribution is 2.20. The van der Waals surface area contributed by atoms with Crippen molar-refractivity contribution in [3.63, 3.8) is 0 Å². The van der Waals surface area contributed by atoms with Gasteiger partial charge in [-0.1, -0.05) is 43.2 Å². The van der Waals surface area contributed by atoms with Gasteiger partial charge in [-0.3, -0.25) is 9.59 Å². The number of hydrogen-bond donors (Lipinski definition) is 2. The second kappa shape index (κ2) is 9.30. The lowest BCUT2D eigenvalue weighted by Gasteiger charge is -2.16. The number of hydrogen-bond acceptors (Lipinski definition) is 3. The molecule has 0 bridgehead atoms. The van der Waals surface area contributed by atoms with Crippen molar-refractivity contribution < 1.29 is 14.7 Å². The molecule has 0 aliphatic carbocycles. The summed E-state index contributed by atoms with van der Waals surface area (Å²) in [5.74, 6) is -0.198. The summed E-state index contributed by atoms with van der Waals surface area (Å²) in [5.41, 5.74) is 1.09. The van der Waals surface area contributed by atoms with Gasteiger partial charge in [0.05, 0.1) is 5.92 Å². The van der Waals surface area contributed by atoms with Crippen molar-refractivity contribution in [3.8, 4) is 0 Å². The Bertz CT molecular complexity index is 504. The van der Waals surface area contributed by atoms with Gasteiger partial charge in [-0.25, -0.2) is 0 Å². The molecule has 1 atom stereocenters. The van der Waals surface area contributed by atoms with Crippen molar-refractivity contribution in [1.29, 1.82) is 0 Å². The molecule has 5 heteroatoms. The smallest absolute Gasteiger partial charge is 0.225 e. The van der Waals surface area contributed by atoms with Crippen LogP contribution in [0.1, 0.15) is 37.7 Å². The molecular weight excluding hydrogens is 292 g/mol. The summed E-state index contributed by atoms with van der Waals surface area (Å²) in [6, 6.07) is 9.85. The van der Waals surface area contributed by atoms with E-state index in [9.17, 15) is 9.59 Å². The average Bonchev–Trinajstić information content (AvgIpc) is 2.92. The van der Waals surface area contributed by atoms with Crippen molar-refractivity contribution in [2.45, 2.75) is 38.6 Å². The van der Waals surface area contributed by atoms with Gasteiger partial charge in [-0.2, -0.15) is 0 Å². The molecule has 23 heavy (non-hydrogen) atoms. The number of aliphatic hydroxyl groups is 1. The molecule has 1 fully saturated rings. The summed E-state index contributed by atoms with van der Waals surface area (Å²) in [6.45, 7) is 1.95. The molecule has 5 nitrogen and oxygen atoms in total. The maximum Gasteiger partial charge on any atom is 0.225 e. The molecule has 0 aromatic heterocycles. The van der Waals surface area contributed by atoms with E-state index in [0.29, 0.717) is 26.1 Å². The molecule has 0 radical (unpaired) electrons. The molecule has 126 valence electrons. The zero-order valence-electron chi connectivity index (χ0n) is 13.5. The summed E-state index contributed by atoms with van der Waals surface area (Å²) < 4.78 is 0. The molecule has 0 spiro atoms. The summed E-state index contributed by atoms with van der Waals surface area (Å²) in [4.78, 5) is 26.0. The van der Waals surface area contributed by atoms with Crippen LogP contribution in [-0.4, -0.2) is 41.5 Å². The van der Waals surface area contributed by atoms with Crippen LogP contribution in [0.5, 0.6) is 0 Å². The van der Waals surface area contributed by atoms with Crippen LogP contribution in [0.15, 0.2) is 30.3 Å². The maximum absolute atomic E-state index is 12.1. The van der Waals surface area contributed by atoms with Gasteiger partial charge in [0.1, 0.15) is 0 Å². The highest BCUT2D eigenvalue weighted by molar-refractivity contribution is 5.89. The highest BCUT2D eigenvalue weighted by atomic mass is 16.3. The number of carbonyl (C=O) groups excluding carboxylic acids is 2. The largest absolute Gasteiger partial charge is 0.396 e. The van der Waals surface area contributed by atoms with Crippen LogP contribution in [0, 0.1) is 5.92 Å². The van der Waals surface area contributed by atoms with E-state index < -0.39 is 0 Å². The lowest BCUT2D eigenvalue weighted by atomic mass is 10.1. The zero-order chi connectivity index (χ0) is 16.5. The van der Waals surface area contributed by atoms with Gasteiger partial charge in [-0.05, 0) is 18.4 Å². The van der Waals surface area contributed by atoms with E-state index in [4.69, 9.17) is 5.11 Å². The Hall–Kier alpha value is -1.88. The van der Waals surface area contributed by atoms with E-state index in [0.717, 1.165) is 31.2 Å². The third kappa shape index (κ3) is 5.67. The van der Waals surface area contributed by atoms with E-state index in [1.54, 1.807) is 4.90 Å². The molecule has 0 saturated carbocycles. The van der Waals surface area contributed by atoms with Gasteiger partial charge in [0.25, 0.3) is 0 Å². The standard InChI is InChI=1S/C18H26N2O3/c21-11-7-2-1-6-10-19-18(23)16-12-17(22)20(14-16)13-15-8-4-3-5-9-15/h3-5,8-9,16,21H,1-2,6-7,10-14H2,(H,19,23). The fourth-order valence-electron chi connectivity index (χ4n) is 2.85. The first-order valence-corrected chi connectivity index (χ1v) is 8.41. The molecule has 1 heterocycles. The van der Waals surface area contributed by atoms with Crippen LogP contribution < -0.4 is 5.32 Å². The fraction of sp³-hybridized carbons (Fsp3) is 0.556. The quantitative estimate of drug-likeness (QED) is 0.681. The summed E-state index contributed by atoms with van der Waals surface area (Å²) >= 11 is 0. The summed E-state index contributed by atoms with van der Waals surface area (Å²) in [7, 11) is 0. The van der Waals surface area contributed by atoms with Crippen LogP contribution >= 0.6 is 0 Å². The molecule has 2 rings (SSSR count). The van der Waals surface area contributed by atoms with Crippen LogP contribution in [0.25, 0.3) is 0 Å². The van der Waals surface area contributed by atoms with Gasteiger partial charge in [0.15, 0.2) is 0 Å². The molecule has 1 unspecified atom stereocenters. The van der Waals surface area contributed by atoms with Crippen LogP contribution in [0.4, 0.5) is 0 Å². The number of aliphatic hydroxyl groups excluding tert-OH is 1. The molecule has 1 saturated heterocycles. The number of unbranched alkanes of at least 4 members (excludes halogenated alkanes) is 3. The first-order valence-electron chi connectivity index (χ1n) is 8.41. The Kier molecular flexibility index (Phi) is 7.07. The Balaban J connectivity index is 1.70. The van der Waals surface area contributed by atoms with E-state index in [1.165, 1.54) is 0 Å². The third-order valence-corrected chi connectivity index (χ3v) is 4.19. The summed E-state index contributed by atoms with van der Waals surface area (Å²) in [6.07, 6.45) is 4.03. The monoisotopic (exact) mass is 318 g/mol. The maximum atomic E-state index is 12.1. The minimum atomic E-state index is -0.233. The van der Waals surface area contributed by atoms with Crippen molar-refractivity contribution in [3.05, 3.63) is 35.9 Å². The number of amides is 2. The second-order valence-electron chi connectivity index (χ2n) is 6.09. The molecule has 1 aromatic carbocycles. The molecule has 1 aliphatic heterocycles. The van der Waals surface area contributed by atoms with Crippen molar-refractivity contribution in [2.75, 3.05) is 19.7 Å². The lowest BCUT2D eigenvalue weighted by molar-refractivity contribution is -0.129. The van der Waals surface area contributed by atoms with Gasteiger partial charge in [0, 0.05) is 32.7 Å². The summed E-state index contributed by atoms with van der Waals surface area (Å²) in [5, 5.41) is 11.6. The number of rotatable bonds is 9. The number of nitrogens with zero attached hydrogens (tertiary/aromatic N) is 1. The molecule has 2 N–H and O–H groups in total. The van der Waals surface area contributed by atoms with E-state index in [2.05, 4.69) is 5.32 Å². The molecule has 1 aromatic rings. The first-order chi connectivity index (χ1) is 11.2. The van der Waals surface area contributed by atoms with E-state index in [1.807, 2.05) is 30.3 Å². The van der Waals surface area contributed by atoms with Gasteiger partial charge >= 0.3 is 0 Å². The number of nitrogens with one attached hydrogen (secondary N) is 1. The molecular formula is C18H26N2O3. The number of benzene rings is 1. The van der Waals surface area contributed by atoms with Crippen molar-refractivity contribution >= 4 is 11.8 Å². The predicted octanol–water partition coefficient (Wildman–Crippen LogP) is 1.70. The Morgan fingerprint density at radius 3 is 2.65 bits per heavy atom. The number of carbonyl (C=O) groups is 2. The average molecular weight is 318 g/mol. The molecule has 2 amide bonds. The second-order valence-corrected chi connectivity index (χ2v) is 6.09. The topological polar surface area (TPSA) is 69.6 Å².